The molecule has 4 heteroatoms. The fourth-order valence-corrected chi connectivity index (χ4v) is 2.82. The number of halogens is 1. The average Bonchev–Trinajstić information content (AvgIpc) is 2.58. The molecular weight excluding hydrogens is 354 g/mol. The molecule has 1 N–H and O–H groups in total. The number of hydrogen-bond donors (Lipinski definition) is 1. The van der Waals surface area contributed by atoms with Gasteiger partial charge in [0, 0.05) is 15.8 Å². The molecule has 23 heavy (non-hydrogen) atoms. The van der Waals surface area contributed by atoms with Crippen molar-refractivity contribution in [3.63, 3.8) is 0 Å². The molecule has 0 aliphatic heterocycles. The van der Waals surface area contributed by atoms with Crippen LogP contribution in [0.25, 0.3) is 0 Å². The Morgan fingerprint density at radius 1 is 0.826 bits per heavy atom. The second-order valence-corrected chi connectivity index (χ2v) is 5.89. The zero-order valence-corrected chi connectivity index (χ0v) is 13.8. The van der Waals surface area contributed by atoms with Crippen molar-refractivity contribution >= 4 is 39.0 Å². The number of aromatic carboxylic acids is 1. The molecule has 0 saturated carbocycles. The normalized spacial score (nSPS) is 10.3. The standard InChI is InChI=1S/C19H14BrNO2/c20-14-11-12-18(17(13-14)19(22)23)21(15-7-3-1-4-8-15)16-9-5-2-6-10-16/h1-13H,(H,22,23). The third-order valence-corrected chi connectivity index (χ3v) is 3.95. The van der Waals surface area contributed by atoms with Gasteiger partial charge in [-0.1, -0.05) is 52.3 Å². The third kappa shape index (κ3) is 3.27. The van der Waals surface area contributed by atoms with Crippen molar-refractivity contribution in [3.05, 3.63) is 88.9 Å². The Balaban J connectivity index is 2.23. The second-order valence-electron chi connectivity index (χ2n) is 4.97. The molecule has 0 unspecified atom stereocenters. The summed E-state index contributed by atoms with van der Waals surface area (Å²) in [5.74, 6) is -0.960. The number of para-hydroxylation sites is 2. The van der Waals surface area contributed by atoms with Crippen LogP contribution in [0.15, 0.2) is 83.3 Å². The van der Waals surface area contributed by atoms with Gasteiger partial charge in [0.05, 0.1) is 11.3 Å². The predicted molar refractivity (Wildman–Crippen MR) is 95.8 cm³/mol. The lowest BCUT2D eigenvalue weighted by atomic mass is 10.1. The SMILES string of the molecule is O=C(O)c1cc(Br)ccc1N(c1ccccc1)c1ccccc1. The van der Waals surface area contributed by atoms with Crippen LogP contribution in [-0.2, 0) is 0 Å². The van der Waals surface area contributed by atoms with Crippen LogP contribution in [0, 0.1) is 0 Å². The van der Waals surface area contributed by atoms with E-state index >= 15 is 0 Å². The van der Waals surface area contributed by atoms with Crippen molar-refractivity contribution in [2.75, 3.05) is 4.90 Å². The van der Waals surface area contributed by atoms with Crippen LogP contribution in [0.1, 0.15) is 10.4 Å². The van der Waals surface area contributed by atoms with Gasteiger partial charge < -0.3 is 10.0 Å². The molecule has 0 spiro atoms. The Hall–Kier alpha value is -2.59. The fraction of sp³-hybridized carbons (Fsp3) is 0. The molecular formula is C19H14BrNO2. The first-order valence-electron chi connectivity index (χ1n) is 7.10. The number of nitrogens with zero attached hydrogens (tertiary/aromatic N) is 1. The van der Waals surface area contributed by atoms with Crippen LogP contribution in [-0.4, -0.2) is 11.1 Å². The lowest BCUT2D eigenvalue weighted by Gasteiger charge is -2.26. The van der Waals surface area contributed by atoms with Gasteiger partial charge in [-0.25, -0.2) is 4.79 Å². The maximum absolute atomic E-state index is 11.7. The quantitative estimate of drug-likeness (QED) is 0.650. The first kappa shape index (κ1) is 15.3. The molecule has 0 aliphatic carbocycles. The Morgan fingerprint density at radius 2 is 1.35 bits per heavy atom. The predicted octanol–water partition coefficient (Wildman–Crippen LogP) is 5.62. The molecule has 0 aromatic heterocycles. The van der Waals surface area contributed by atoms with Gasteiger partial charge >= 0.3 is 5.97 Å². The van der Waals surface area contributed by atoms with Gasteiger partial charge in [0.15, 0.2) is 0 Å². The summed E-state index contributed by atoms with van der Waals surface area (Å²) in [4.78, 5) is 13.6. The minimum Gasteiger partial charge on any atom is -0.478 e. The van der Waals surface area contributed by atoms with E-state index < -0.39 is 5.97 Å². The number of rotatable bonds is 4. The van der Waals surface area contributed by atoms with E-state index in [0.717, 1.165) is 15.8 Å². The number of carboxylic acids is 1. The Bertz CT molecular complexity index is 780. The number of carboxylic acid groups (broad SMARTS) is 1. The van der Waals surface area contributed by atoms with Gasteiger partial charge in [-0.05, 0) is 42.5 Å². The molecule has 0 amide bonds. The smallest absolute Gasteiger partial charge is 0.337 e. The lowest BCUT2D eigenvalue weighted by Crippen LogP contribution is -2.14. The van der Waals surface area contributed by atoms with Crippen molar-refractivity contribution in [2.24, 2.45) is 0 Å². The van der Waals surface area contributed by atoms with E-state index in [0.29, 0.717) is 5.69 Å². The van der Waals surface area contributed by atoms with Crippen molar-refractivity contribution in [1.29, 1.82) is 0 Å². The summed E-state index contributed by atoms with van der Waals surface area (Å²) < 4.78 is 0.736. The van der Waals surface area contributed by atoms with Gasteiger partial charge in [-0.15, -0.1) is 0 Å². The molecule has 3 aromatic carbocycles. The molecule has 3 aromatic rings. The van der Waals surface area contributed by atoms with Crippen molar-refractivity contribution < 1.29 is 9.90 Å². The zero-order chi connectivity index (χ0) is 16.2. The van der Waals surface area contributed by atoms with E-state index in [1.165, 1.54) is 0 Å². The minimum atomic E-state index is -0.960. The lowest BCUT2D eigenvalue weighted by molar-refractivity contribution is 0.0697. The number of benzene rings is 3. The molecule has 3 rings (SSSR count). The molecule has 0 heterocycles. The van der Waals surface area contributed by atoms with E-state index in [4.69, 9.17) is 0 Å². The monoisotopic (exact) mass is 367 g/mol. The first-order chi connectivity index (χ1) is 11.2. The van der Waals surface area contributed by atoms with E-state index in [1.807, 2.05) is 77.7 Å². The maximum atomic E-state index is 11.7. The highest BCUT2D eigenvalue weighted by Gasteiger charge is 2.19. The van der Waals surface area contributed by atoms with Gasteiger partial charge in [-0.2, -0.15) is 0 Å². The first-order valence-corrected chi connectivity index (χ1v) is 7.89. The molecule has 0 saturated heterocycles. The largest absolute Gasteiger partial charge is 0.478 e. The summed E-state index contributed by atoms with van der Waals surface area (Å²) in [5.41, 5.74) is 2.68. The van der Waals surface area contributed by atoms with Crippen LogP contribution in [0.5, 0.6) is 0 Å². The molecule has 0 radical (unpaired) electrons. The summed E-state index contributed by atoms with van der Waals surface area (Å²) in [6.45, 7) is 0. The zero-order valence-electron chi connectivity index (χ0n) is 12.2. The molecule has 0 fully saturated rings. The van der Waals surface area contributed by atoms with E-state index in [9.17, 15) is 9.90 Å². The van der Waals surface area contributed by atoms with Crippen molar-refractivity contribution in [1.82, 2.24) is 0 Å². The summed E-state index contributed by atoms with van der Waals surface area (Å²) >= 11 is 3.34. The van der Waals surface area contributed by atoms with Crippen LogP contribution >= 0.6 is 15.9 Å². The van der Waals surface area contributed by atoms with Gasteiger partial charge in [-0.3, -0.25) is 0 Å². The highest BCUT2D eigenvalue weighted by atomic mass is 79.9. The highest BCUT2D eigenvalue weighted by molar-refractivity contribution is 9.10. The number of carbonyl (C=O) groups is 1. The van der Waals surface area contributed by atoms with Gasteiger partial charge in [0.25, 0.3) is 0 Å². The topological polar surface area (TPSA) is 40.5 Å². The Labute approximate surface area is 142 Å². The van der Waals surface area contributed by atoms with Gasteiger partial charge in [0.2, 0.25) is 0 Å². The Kier molecular flexibility index (Phi) is 4.44. The van der Waals surface area contributed by atoms with E-state index in [2.05, 4.69) is 15.9 Å². The summed E-state index contributed by atoms with van der Waals surface area (Å²) in [5, 5.41) is 9.59. The number of anilines is 3. The van der Waals surface area contributed by atoms with Crippen LogP contribution in [0.4, 0.5) is 17.1 Å². The van der Waals surface area contributed by atoms with Crippen molar-refractivity contribution in [3.8, 4) is 0 Å². The molecule has 0 aliphatic rings. The minimum absolute atomic E-state index is 0.243. The van der Waals surface area contributed by atoms with Crippen LogP contribution in [0.3, 0.4) is 0 Å². The summed E-state index contributed by atoms with van der Waals surface area (Å²) in [7, 11) is 0. The van der Waals surface area contributed by atoms with Crippen LogP contribution in [0.2, 0.25) is 0 Å². The molecule has 0 atom stereocenters. The average molecular weight is 368 g/mol. The van der Waals surface area contributed by atoms with E-state index in [1.54, 1.807) is 6.07 Å². The molecule has 0 bridgehead atoms. The maximum Gasteiger partial charge on any atom is 0.337 e. The van der Waals surface area contributed by atoms with E-state index in [-0.39, 0.29) is 5.56 Å². The molecule has 114 valence electrons. The number of hydrogen-bond acceptors (Lipinski definition) is 2. The van der Waals surface area contributed by atoms with Crippen molar-refractivity contribution in [2.45, 2.75) is 0 Å². The highest BCUT2D eigenvalue weighted by Crippen LogP contribution is 2.37. The third-order valence-electron chi connectivity index (χ3n) is 3.46. The summed E-state index contributed by atoms with van der Waals surface area (Å²) in [6.07, 6.45) is 0. The second kappa shape index (κ2) is 6.67. The fourth-order valence-electron chi connectivity index (χ4n) is 2.46. The molecule has 3 nitrogen and oxygen atoms in total. The summed E-state index contributed by atoms with van der Waals surface area (Å²) in [6, 6.07) is 24.7. The van der Waals surface area contributed by atoms with Crippen LogP contribution < -0.4 is 4.90 Å². The Morgan fingerprint density at radius 3 is 1.83 bits per heavy atom. The van der Waals surface area contributed by atoms with Gasteiger partial charge in [0.1, 0.15) is 0 Å².